The summed E-state index contributed by atoms with van der Waals surface area (Å²) in [5, 5.41) is 13.2. The van der Waals surface area contributed by atoms with E-state index in [1.165, 1.54) is 5.56 Å². The molecule has 1 atom stereocenters. The summed E-state index contributed by atoms with van der Waals surface area (Å²) in [4.78, 5) is 0. The molecule has 0 aromatic heterocycles. The molecule has 2 N–H and O–H groups in total. The van der Waals surface area contributed by atoms with Gasteiger partial charge in [0.05, 0.1) is 6.10 Å². The molecular weight excluding hydrogens is 314 g/mol. The van der Waals surface area contributed by atoms with Crippen LogP contribution in [0.25, 0.3) is 0 Å². The molecule has 0 bridgehead atoms. The molecular formula is C21H25NO3. The number of para-hydroxylation sites is 2. The Morgan fingerprint density at radius 2 is 1.64 bits per heavy atom. The van der Waals surface area contributed by atoms with Gasteiger partial charge >= 0.3 is 0 Å². The van der Waals surface area contributed by atoms with Crippen LogP contribution < -0.4 is 14.8 Å². The molecule has 0 unspecified atom stereocenters. The van der Waals surface area contributed by atoms with Crippen LogP contribution in [0.15, 0.2) is 48.5 Å². The van der Waals surface area contributed by atoms with E-state index in [0.29, 0.717) is 12.6 Å². The molecule has 0 amide bonds. The van der Waals surface area contributed by atoms with Gasteiger partial charge < -0.3 is 19.9 Å². The Kier molecular flexibility index (Phi) is 4.90. The minimum Gasteiger partial charge on any atom is -0.485 e. The summed E-state index contributed by atoms with van der Waals surface area (Å²) in [5.41, 5.74) is 2.41. The molecule has 25 heavy (non-hydrogen) atoms. The minimum atomic E-state index is -0.0971. The van der Waals surface area contributed by atoms with Crippen molar-refractivity contribution in [1.82, 2.24) is 5.32 Å². The smallest absolute Gasteiger partial charge is 0.162 e. The van der Waals surface area contributed by atoms with Crippen molar-refractivity contribution in [3.8, 4) is 11.5 Å². The van der Waals surface area contributed by atoms with Crippen LogP contribution in [-0.2, 0) is 6.54 Å². The Bertz CT molecular complexity index is 693. The molecule has 1 heterocycles. The number of nitrogens with one attached hydrogen (secondary N) is 1. The average molecular weight is 339 g/mol. The van der Waals surface area contributed by atoms with E-state index in [-0.39, 0.29) is 12.2 Å². The third-order valence-corrected chi connectivity index (χ3v) is 5.15. The standard InChI is InChI=1S/C21H25NO3/c23-18-11-9-17(10-12-18)22-13-15-5-7-16(8-6-15)21-14-24-19-3-1-2-4-20(19)25-21/h1-8,17-18,21-23H,9-14H2/t17-,18-,21-/m1/s1. The normalized spacial score (nSPS) is 25.6. The highest BCUT2D eigenvalue weighted by Gasteiger charge is 2.22. The molecule has 4 rings (SSSR count). The molecule has 1 aliphatic carbocycles. The van der Waals surface area contributed by atoms with Gasteiger partial charge in [0.2, 0.25) is 0 Å². The number of benzene rings is 2. The van der Waals surface area contributed by atoms with Crippen LogP contribution in [0.2, 0.25) is 0 Å². The second-order valence-corrected chi connectivity index (χ2v) is 6.99. The molecule has 2 aliphatic rings. The first-order valence-electron chi connectivity index (χ1n) is 9.17. The van der Waals surface area contributed by atoms with Crippen LogP contribution >= 0.6 is 0 Å². The van der Waals surface area contributed by atoms with Crippen molar-refractivity contribution in [2.75, 3.05) is 6.61 Å². The van der Waals surface area contributed by atoms with Gasteiger partial charge in [-0.3, -0.25) is 0 Å². The topological polar surface area (TPSA) is 50.7 Å². The highest BCUT2D eigenvalue weighted by molar-refractivity contribution is 5.41. The Labute approximate surface area is 148 Å². The summed E-state index contributed by atoms with van der Waals surface area (Å²) >= 11 is 0. The molecule has 132 valence electrons. The number of rotatable bonds is 4. The predicted molar refractivity (Wildman–Crippen MR) is 96.9 cm³/mol. The van der Waals surface area contributed by atoms with Gasteiger partial charge in [0.15, 0.2) is 17.6 Å². The zero-order valence-electron chi connectivity index (χ0n) is 14.4. The van der Waals surface area contributed by atoms with E-state index in [4.69, 9.17) is 9.47 Å². The summed E-state index contributed by atoms with van der Waals surface area (Å²) < 4.78 is 11.9. The number of ether oxygens (including phenoxy) is 2. The van der Waals surface area contributed by atoms with Crippen molar-refractivity contribution in [1.29, 1.82) is 0 Å². The Hall–Kier alpha value is -2.04. The zero-order chi connectivity index (χ0) is 17.1. The van der Waals surface area contributed by atoms with Crippen molar-refractivity contribution in [2.45, 2.75) is 50.5 Å². The summed E-state index contributed by atoms with van der Waals surface area (Å²) in [6.45, 7) is 1.41. The second kappa shape index (κ2) is 7.46. The molecule has 4 nitrogen and oxygen atoms in total. The van der Waals surface area contributed by atoms with Crippen LogP contribution in [0, 0.1) is 0 Å². The molecule has 1 saturated carbocycles. The van der Waals surface area contributed by atoms with Crippen LogP contribution in [-0.4, -0.2) is 23.9 Å². The third-order valence-electron chi connectivity index (χ3n) is 5.15. The lowest BCUT2D eigenvalue weighted by molar-refractivity contribution is 0.0913. The van der Waals surface area contributed by atoms with Crippen molar-refractivity contribution < 1.29 is 14.6 Å². The first-order chi connectivity index (χ1) is 12.3. The molecule has 4 heteroatoms. The van der Waals surface area contributed by atoms with E-state index >= 15 is 0 Å². The van der Waals surface area contributed by atoms with Crippen molar-refractivity contribution >= 4 is 0 Å². The van der Waals surface area contributed by atoms with Gasteiger partial charge in [-0.2, -0.15) is 0 Å². The molecule has 2 aromatic rings. The van der Waals surface area contributed by atoms with Gasteiger partial charge in [-0.25, -0.2) is 0 Å². The molecule has 0 radical (unpaired) electrons. The molecule has 1 aliphatic heterocycles. The van der Waals surface area contributed by atoms with Crippen LogP contribution in [0.4, 0.5) is 0 Å². The van der Waals surface area contributed by atoms with Crippen molar-refractivity contribution in [2.24, 2.45) is 0 Å². The fourth-order valence-electron chi connectivity index (χ4n) is 3.58. The van der Waals surface area contributed by atoms with Gasteiger partial charge in [-0.1, -0.05) is 36.4 Å². The Balaban J connectivity index is 1.33. The fourth-order valence-corrected chi connectivity index (χ4v) is 3.58. The maximum Gasteiger partial charge on any atom is 0.162 e. The molecule has 0 saturated heterocycles. The van der Waals surface area contributed by atoms with Crippen LogP contribution in [0.3, 0.4) is 0 Å². The number of aliphatic hydroxyl groups excluding tert-OH is 1. The highest BCUT2D eigenvalue weighted by atomic mass is 16.6. The van der Waals surface area contributed by atoms with Crippen LogP contribution in [0.1, 0.15) is 42.9 Å². The monoisotopic (exact) mass is 339 g/mol. The number of aliphatic hydroxyl groups is 1. The summed E-state index contributed by atoms with van der Waals surface area (Å²) in [6.07, 6.45) is 3.79. The Morgan fingerprint density at radius 1 is 0.920 bits per heavy atom. The molecule has 2 aromatic carbocycles. The maximum absolute atomic E-state index is 9.58. The van der Waals surface area contributed by atoms with E-state index in [1.807, 2.05) is 24.3 Å². The van der Waals surface area contributed by atoms with E-state index in [9.17, 15) is 5.11 Å². The van der Waals surface area contributed by atoms with Gasteiger partial charge in [0.1, 0.15) is 6.61 Å². The largest absolute Gasteiger partial charge is 0.485 e. The molecule has 0 spiro atoms. The van der Waals surface area contributed by atoms with Crippen molar-refractivity contribution in [3.05, 3.63) is 59.7 Å². The van der Waals surface area contributed by atoms with Gasteiger partial charge in [-0.15, -0.1) is 0 Å². The highest BCUT2D eigenvalue weighted by Crippen LogP contribution is 2.35. The van der Waals surface area contributed by atoms with E-state index in [0.717, 1.165) is 49.3 Å². The van der Waals surface area contributed by atoms with E-state index < -0.39 is 0 Å². The lowest BCUT2D eigenvalue weighted by Crippen LogP contribution is -2.34. The zero-order valence-corrected chi connectivity index (χ0v) is 14.4. The van der Waals surface area contributed by atoms with Gasteiger partial charge in [-0.05, 0) is 48.9 Å². The minimum absolute atomic E-state index is 0.0586. The number of hydrogen-bond acceptors (Lipinski definition) is 4. The number of hydrogen-bond donors (Lipinski definition) is 2. The van der Waals surface area contributed by atoms with Gasteiger partial charge in [0, 0.05) is 12.6 Å². The molecule has 1 fully saturated rings. The summed E-state index contributed by atoms with van der Waals surface area (Å²) in [7, 11) is 0. The Morgan fingerprint density at radius 3 is 2.40 bits per heavy atom. The lowest BCUT2D eigenvalue weighted by Gasteiger charge is -2.27. The second-order valence-electron chi connectivity index (χ2n) is 6.99. The lowest BCUT2D eigenvalue weighted by atomic mass is 9.93. The quantitative estimate of drug-likeness (QED) is 0.894. The summed E-state index contributed by atoms with van der Waals surface area (Å²) in [6, 6.07) is 16.9. The van der Waals surface area contributed by atoms with Crippen molar-refractivity contribution in [3.63, 3.8) is 0 Å². The van der Waals surface area contributed by atoms with E-state index in [2.05, 4.69) is 29.6 Å². The van der Waals surface area contributed by atoms with Gasteiger partial charge in [0.25, 0.3) is 0 Å². The first-order valence-corrected chi connectivity index (χ1v) is 9.17. The summed E-state index contributed by atoms with van der Waals surface area (Å²) in [5.74, 6) is 1.63. The number of fused-ring (bicyclic) bond motifs is 1. The predicted octanol–water partition coefficient (Wildman–Crippen LogP) is 3.59. The third kappa shape index (κ3) is 3.97. The van der Waals surface area contributed by atoms with E-state index in [1.54, 1.807) is 0 Å². The van der Waals surface area contributed by atoms with Crippen LogP contribution in [0.5, 0.6) is 11.5 Å². The maximum atomic E-state index is 9.58. The fraction of sp³-hybridized carbons (Fsp3) is 0.429. The average Bonchev–Trinajstić information content (AvgIpc) is 2.68. The first kappa shape index (κ1) is 16.4. The SMILES string of the molecule is O[C@H]1CC[C@H](NCc2ccc([C@H]3COc4ccccc4O3)cc2)CC1.